The molecule has 0 saturated heterocycles. The molecular weight excluding hydrogens is 432 g/mol. The quantitative estimate of drug-likeness (QED) is 0.123. The van der Waals surface area contributed by atoms with Gasteiger partial charge in [0.25, 0.3) is 0 Å². The van der Waals surface area contributed by atoms with Gasteiger partial charge >= 0.3 is 5.97 Å². The normalized spacial score (nSPS) is 13.0. The van der Waals surface area contributed by atoms with Gasteiger partial charge in [0.15, 0.2) is 0 Å². The third kappa shape index (κ3) is 16.0. The first-order valence-corrected chi connectivity index (χ1v) is 15.1. The van der Waals surface area contributed by atoms with Crippen LogP contribution in [0.1, 0.15) is 154 Å². The van der Waals surface area contributed by atoms with Gasteiger partial charge in [0, 0.05) is 6.42 Å². The number of phenolic OH excluding ortho intramolecular Hbond substituents is 1. The second kappa shape index (κ2) is 21.7. The number of carbonyl (C=O) groups excluding carboxylic acids is 1. The summed E-state index contributed by atoms with van der Waals surface area (Å²) in [4.78, 5) is 12.1. The number of rotatable bonds is 23. The Morgan fingerprint density at radius 1 is 0.743 bits per heavy atom. The molecule has 2 atom stereocenters. The number of phenols is 1. The number of benzene rings is 1. The average Bonchev–Trinajstić information content (AvgIpc) is 2.87. The molecule has 2 unspecified atom stereocenters. The fourth-order valence-corrected chi connectivity index (χ4v) is 5.01. The maximum absolute atomic E-state index is 12.1. The molecule has 0 heterocycles. The maximum Gasteiger partial charge on any atom is 0.305 e. The van der Waals surface area contributed by atoms with Crippen molar-refractivity contribution in [2.75, 3.05) is 6.61 Å². The van der Waals surface area contributed by atoms with Crippen LogP contribution < -0.4 is 0 Å². The molecule has 3 heteroatoms. The minimum Gasteiger partial charge on any atom is -0.508 e. The summed E-state index contributed by atoms with van der Waals surface area (Å²) >= 11 is 0. The number of hydrogen-bond donors (Lipinski definition) is 1. The second-order valence-electron chi connectivity index (χ2n) is 10.6. The summed E-state index contributed by atoms with van der Waals surface area (Å²) in [5, 5.41) is 10.4. The lowest BCUT2D eigenvalue weighted by atomic mass is 9.87. The number of aromatic hydroxyl groups is 1. The molecule has 1 rings (SSSR count). The first-order chi connectivity index (χ1) is 17.1. The lowest BCUT2D eigenvalue weighted by Crippen LogP contribution is -2.13. The minimum atomic E-state index is -0.0353. The highest BCUT2D eigenvalue weighted by Gasteiger charge is 2.15. The van der Waals surface area contributed by atoms with Crippen LogP contribution in [-0.4, -0.2) is 17.7 Å². The van der Waals surface area contributed by atoms with Crippen LogP contribution in [0, 0.1) is 5.92 Å². The molecule has 1 aromatic carbocycles. The van der Waals surface area contributed by atoms with E-state index in [-0.39, 0.29) is 5.97 Å². The molecule has 0 radical (unpaired) electrons. The molecule has 0 fully saturated rings. The fraction of sp³-hybridized carbons (Fsp3) is 0.781. The maximum atomic E-state index is 12.1. The van der Waals surface area contributed by atoms with Crippen molar-refractivity contribution in [1.82, 2.24) is 0 Å². The Morgan fingerprint density at radius 3 is 1.91 bits per heavy atom. The number of hydrogen-bond acceptors (Lipinski definition) is 3. The summed E-state index contributed by atoms with van der Waals surface area (Å²) in [5.41, 5.74) is 1.10. The van der Waals surface area contributed by atoms with Gasteiger partial charge in [-0.1, -0.05) is 129 Å². The van der Waals surface area contributed by atoms with Gasteiger partial charge in [0.2, 0.25) is 0 Å². The van der Waals surface area contributed by atoms with Crippen molar-refractivity contribution in [3.8, 4) is 5.75 Å². The first kappa shape index (κ1) is 31.5. The Hall–Kier alpha value is -1.51. The summed E-state index contributed by atoms with van der Waals surface area (Å²) < 4.78 is 5.55. The van der Waals surface area contributed by atoms with Gasteiger partial charge in [0.1, 0.15) is 5.75 Å². The molecule has 0 aliphatic carbocycles. The molecule has 0 bridgehead atoms. The number of ether oxygens (including phenoxy) is 1. The first-order valence-electron chi connectivity index (χ1n) is 15.1. The van der Waals surface area contributed by atoms with E-state index in [0.717, 1.165) is 50.5 Å². The predicted molar refractivity (Wildman–Crippen MR) is 150 cm³/mol. The van der Waals surface area contributed by atoms with E-state index in [1.54, 1.807) is 0 Å². The summed E-state index contributed by atoms with van der Waals surface area (Å²) in [6, 6.07) is 7.86. The smallest absolute Gasteiger partial charge is 0.305 e. The molecule has 1 aromatic rings. The Balaban J connectivity index is 2.29. The molecule has 3 nitrogen and oxygen atoms in total. The van der Waals surface area contributed by atoms with Crippen molar-refractivity contribution in [1.29, 1.82) is 0 Å². The van der Waals surface area contributed by atoms with Crippen molar-refractivity contribution < 1.29 is 14.6 Å². The van der Waals surface area contributed by atoms with Gasteiger partial charge in [-0.25, -0.2) is 0 Å². The standard InChI is InChI=1S/C32H56O3/c1-4-7-9-10-11-12-13-14-16-22-29(30-24-19-20-25-31(30)33)23-17-15-18-26-32(34)35-27-28(6-3)21-8-5-2/h19-20,24-25,28-29,33H,4-18,21-23,26-27H2,1-3H3. The van der Waals surface area contributed by atoms with Gasteiger partial charge in [-0.15, -0.1) is 0 Å². The van der Waals surface area contributed by atoms with Gasteiger partial charge in [-0.3, -0.25) is 4.79 Å². The number of esters is 1. The van der Waals surface area contributed by atoms with E-state index in [9.17, 15) is 9.90 Å². The summed E-state index contributed by atoms with van der Waals surface area (Å²) in [6.45, 7) is 7.25. The van der Waals surface area contributed by atoms with Crippen LogP contribution >= 0.6 is 0 Å². The van der Waals surface area contributed by atoms with Crippen molar-refractivity contribution >= 4 is 5.97 Å². The zero-order chi connectivity index (χ0) is 25.6. The molecule has 0 aromatic heterocycles. The second-order valence-corrected chi connectivity index (χ2v) is 10.6. The van der Waals surface area contributed by atoms with Gasteiger partial charge in [0.05, 0.1) is 6.61 Å². The van der Waals surface area contributed by atoms with E-state index in [0.29, 0.717) is 30.6 Å². The van der Waals surface area contributed by atoms with E-state index < -0.39 is 0 Å². The molecule has 0 aliphatic rings. The van der Waals surface area contributed by atoms with Crippen LogP contribution in [0.3, 0.4) is 0 Å². The Bertz CT molecular complexity index is 627. The largest absolute Gasteiger partial charge is 0.508 e. The molecule has 0 saturated carbocycles. The molecule has 202 valence electrons. The highest BCUT2D eigenvalue weighted by Crippen LogP contribution is 2.34. The Morgan fingerprint density at radius 2 is 1.31 bits per heavy atom. The van der Waals surface area contributed by atoms with Crippen molar-refractivity contribution in [2.24, 2.45) is 5.92 Å². The molecule has 1 N–H and O–H groups in total. The zero-order valence-corrected chi connectivity index (χ0v) is 23.4. The van der Waals surface area contributed by atoms with Gasteiger partial charge in [-0.2, -0.15) is 0 Å². The number of para-hydroxylation sites is 1. The highest BCUT2D eigenvalue weighted by molar-refractivity contribution is 5.69. The van der Waals surface area contributed by atoms with Crippen molar-refractivity contribution in [3.63, 3.8) is 0 Å². The van der Waals surface area contributed by atoms with Crippen LogP contribution in [-0.2, 0) is 9.53 Å². The number of unbranched alkanes of at least 4 members (excludes halogenated alkanes) is 11. The monoisotopic (exact) mass is 488 g/mol. The summed E-state index contributed by atoms with van der Waals surface area (Å²) in [5.74, 6) is 1.33. The summed E-state index contributed by atoms with van der Waals surface area (Å²) in [7, 11) is 0. The van der Waals surface area contributed by atoms with E-state index in [1.807, 2.05) is 18.2 Å². The van der Waals surface area contributed by atoms with Crippen LogP contribution in [0.2, 0.25) is 0 Å². The minimum absolute atomic E-state index is 0.0353. The van der Waals surface area contributed by atoms with Crippen LogP contribution in [0.5, 0.6) is 5.75 Å². The average molecular weight is 489 g/mol. The lowest BCUT2D eigenvalue weighted by Gasteiger charge is -2.19. The van der Waals surface area contributed by atoms with Crippen molar-refractivity contribution in [3.05, 3.63) is 29.8 Å². The highest BCUT2D eigenvalue weighted by atomic mass is 16.5. The van der Waals surface area contributed by atoms with Crippen LogP contribution in [0.4, 0.5) is 0 Å². The molecule has 0 spiro atoms. The van der Waals surface area contributed by atoms with E-state index >= 15 is 0 Å². The Labute approximate surface area is 217 Å². The van der Waals surface area contributed by atoms with Crippen LogP contribution in [0.25, 0.3) is 0 Å². The van der Waals surface area contributed by atoms with Gasteiger partial charge in [-0.05, 0) is 49.1 Å². The lowest BCUT2D eigenvalue weighted by molar-refractivity contribution is -0.145. The number of carbonyl (C=O) groups is 1. The van der Waals surface area contributed by atoms with E-state index in [2.05, 4.69) is 26.8 Å². The van der Waals surface area contributed by atoms with Gasteiger partial charge < -0.3 is 9.84 Å². The van der Waals surface area contributed by atoms with E-state index in [4.69, 9.17) is 4.74 Å². The third-order valence-electron chi connectivity index (χ3n) is 7.49. The molecule has 0 aliphatic heterocycles. The topological polar surface area (TPSA) is 46.5 Å². The predicted octanol–water partition coefficient (Wildman–Crippen LogP) is 10.1. The molecule has 35 heavy (non-hydrogen) atoms. The van der Waals surface area contributed by atoms with Crippen molar-refractivity contribution in [2.45, 2.75) is 149 Å². The van der Waals surface area contributed by atoms with Crippen LogP contribution in [0.15, 0.2) is 24.3 Å². The molecular formula is C32H56O3. The Kier molecular flexibility index (Phi) is 19.6. The molecule has 0 amide bonds. The fourth-order valence-electron chi connectivity index (χ4n) is 5.01. The SMILES string of the molecule is CCCCCCCCCCCC(CCCCCC(=O)OCC(CC)CCCC)c1ccccc1O. The summed E-state index contributed by atoms with van der Waals surface area (Å²) in [6.07, 6.45) is 22.5. The third-order valence-corrected chi connectivity index (χ3v) is 7.49. The van der Waals surface area contributed by atoms with E-state index in [1.165, 1.54) is 70.6 Å². The zero-order valence-electron chi connectivity index (χ0n) is 23.4.